The van der Waals surface area contributed by atoms with Crippen LogP contribution >= 0.6 is 0 Å². The molecule has 3 heterocycles. The largest absolute Gasteiger partial charge is 0.383 e. The second-order valence-electron chi connectivity index (χ2n) is 6.54. The van der Waals surface area contributed by atoms with Crippen molar-refractivity contribution in [2.75, 3.05) is 31.7 Å². The van der Waals surface area contributed by atoms with Crippen molar-refractivity contribution in [3.63, 3.8) is 0 Å². The van der Waals surface area contributed by atoms with Crippen molar-refractivity contribution in [3.8, 4) is 11.3 Å². The zero-order valence-corrected chi connectivity index (χ0v) is 14.7. The third-order valence-electron chi connectivity index (χ3n) is 4.88. The predicted molar refractivity (Wildman–Crippen MR) is 101 cm³/mol. The molecule has 0 aliphatic carbocycles. The van der Waals surface area contributed by atoms with Gasteiger partial charge < -0.3 is 14.2 Å². The summed E-state index contributed by atoms with van der Waals surface area (Å²) >= 11 is 0. The molecule has 4 rings (SSSR count). The summed E-state index contributed by atoms with van der Waals surface area (Å²) in [7, 11) is 1.74. The fraction of sp³-hybridized carbons (Fsp3) is 0.400. The van der Waals surface area contributed by atoms with Gasteiger partial charge in [0.2, 0.25) is 5.95 Å². The molecule has 0 amide bonds. The molecule has 0 unspecified atom stereocenters. The Morgan fingerprint density at radius 2 is 1.92 bits per heavy atom. The first-order valence-corrected chi connectivity index (χ1v) is 9.02. The van der Waals surface area contributed by atoms with Gasteiger partial charge in [-0.1, -0.05) is 18.2 Å². The van der Waals surface area contributed by atoms with Crippen molar-refractivity contribution < 1.29 is 4.74 Å². The molecular formula is C20H24N4O. The highest BCUT2D eigenvalue weighted by Crippen LogP contribution is 2.30. The topological polar surface area (TPSA) is 43.2 Å². The molecule has 0 atom stereocenters. The number of anilines is 1. The van der Waals surface area contributed by atoms with Gasteiger partial charge in [0.1, 0.15) is 0 Å². The maximum atomic E-state index is 5.25. The van der Waals surface area contributed by atoms with Crippen LogP contribution in [0.2, 0.25) is 0 Å². The van der Waals surface area contributed by atoms with Gasteiger partial charge in [0.25, 0.3) is 0 Å². The van der Waals surface area contributed by atoms with Crippen LogP contribution in [0.5, 0.6) is 0 Å². The number of hydrogen-bond donors (Lipinski definition) is 0. The average Bonchev–Trinajstić information content (AvgIpc) is 3.06. The maximum absolute atomic E-state index is 5.25. The van der Waals surface area contributed by atoms with Crippen LogP contribution in [0.15, 0.2) is 42.7 Å². The van der Waals surface area contributed by atoms with E-state index in [1.807, 2.05) is 12.3 Å². The lowest BCUT2D eigenvalue weighted by Crippen LogP contribution is -2.30. The van der Waals surface area contributed by atoms with E-state index in [4.69, 9.17) is 9.72 Å². The molecule has 0 N–H and O–H groups in total. The highest BCUT2D eigenvalue weighted by molar-refractivity contribution is 5.95. The van der Waals surface area contributed by atoms with Crippen LogP contribution in [0.4, 0.5) is 5.95 Å². The van der Waals surface area contributed by atoms with E-state index in [0.717, 1.165) is 36.8 Å². The smallest absolute Gasteiger partial charge is 0.225 e. The summed E-state index contributed by atoms with van der Waals surface area (Å²) in [5.74, 6) is 0.853. The van der Waals surface area contributed by atoms with Crippen LogP contribution in [-0.4, -0.2) is 41.3 Å². The molecule has 0 saturated carbocycles. The van der Waals surface area contributed by atoms with E-state index >= 15 is 0 Å². The number of hydrogen-bond acceptors (Lipinski definition) is 4. The third-order valence-corrected chi connectivity index (χ3v) is 4.88. The molecule has 0 spiro atoms. The summed E-state index contributed by atoms with van der Waals surface area (Å²) in [6.45, 7) is 3.64. The van der Waals surface area contributed by atoms with Crippen LogP contribution in [0.25, 0.3) is 22.2 Å². The van der Waals surface area contributed by atoms with Crippen LogP contribution in [0.3, 0.4) is 0 Å². The lowest BCUT2D eigenvalue weighted by molar-refractivity contribution is 0.188. The quantitative estimate of drug-likeness (QED) is 0.712. The van der Waals surface area contributed by atoms with Crippen molar-refractivity contribution in [2.24, 2.45) is 0 Å². The second kappa shape index (κ2) is 7.23. The zero-order valence-electron chi connectivity index (χ0n) is 14.7. The summed E-state index contributed by atoms with van der Waals surface area (Å²) in [5.41, 5.74) is 3.36. The standard InChI is InChI=1S/C20H24N4O/c1-25-14-13-24-15-17(16-7-3-4-8-19(16)24)18-9-10-21-20(22-18)23-11-5-2-6-12-23/h3-4,7-10,15H,2,5-6,11-14H2,1H3. The van der Waals surface area contributed by atoms with E-state index in [9.17, 15) is 0 Å². The molecule has 5 heteroatoms. The minimum absolute atomic E-state index is 0.695. The van der Waals surface area contributed by atoms with Gasteiger partial charge in [0.05, 0.1) is 12.3 Å². The minimum Gasteiger partial charge on any atom is -0.383 e. The molecule has 1 aliphatic heterocycles. The normalized spacial score (nSPS) is 15.0. The molecule has 0 bridgehead atoms. The highest BCUT2D eigenvalue weighted by atomic mass is 16.5. The Kier molecular flexibility index (Phi) is 4.65. The molecule has 0 radical (unpaired) electrons. The van der Waals surface area contributed by atoms with Gasteiger partial charge in [-0.3, -0.25) is 0 Å². The molecule has 1 aliphatic rings. The van der Waals surface area contributed by atoms with E-state index in [1.54, 1.807) is 7.11 Å². The average molecular weight is 336 g/mol. The molecule has 2 aromatic heterocycles. The lowest BCUT2D eigenvalue weighted by atomic mass is 10.1. The molecule has 3 aromatic rings. The molecule has 1 fully saturated rings. The highest BCUT2D eigenvalue weighted by Gasteiger charge is 2.16. The van der Waals surface area contributed by atoms with Crippen molar-refractivity contribution in [2.45, 2.75) is 25.8 Å². The first-order chi connectivity index (χ1) is 12.4. The monoisotopic (exact) mass is 336 g/mol. The summed E-state index contributed by atoms with van der Waals surface area (Å²) in [4.78, 5) is 11.7. The first-order valence-electron chi connectivity index (χ1n) is 9.02. The number of methoxy groups -OCH3 is 1. The van der Waals surface area contributed by atoms with Crippen molar-refractivity contribution in [1.29, 1.82) is 0 Å². The number of ether oxygens (including phenoxy) is 1. The molecular weight excluding hydrogens is 312 g/mol. The number of aromatic nitrogens is 3. The van der Waals surface area contributed by atoms with Crippen LogP contribution in [-0.2, 0) is 11.3 Å². The van der Waals surface area contributed by atoms with Crippen LogP contribution in [0, 0.1) is 0 Å². The Morgan fingerprint density at radius 3 is 2.76 bits per heavy atom. The van der Waals surface area contributed by atoms with E-state index in [0.29, 0.717) is 6.61 Å². The number of benzene rings is 1. The van der Waals surface area contributed by atoms with Crippen molar-refractivity contribution in [3.05, 3.63) is 42.7 Å². The SMILES string of the molecule is COCCn1cc(-c2ccnc(N3CCCCC3)n2)c2ccccc21. The van der Waals surface area contributed by atoms with Gasteiger partial charge in [0, 0.05) is 55.6 Å². The van der Waals surface area contributed by atoms with E-state index in [-0.39, 0.29) is 0 Å². The summed E-state index contributed by atoms with van der Waals surface area (Å²) in [6.07, 6.45) is 7.83. The van der Waals surface area contributed by atoms with E-state index in [2.05, 4.69) is 44.9 Å². The molecule has 5 nitrogen and oxygen atoms in total. The second-order valence-corrected chi connectivity index (χ2v) is 6.54. The number of para-hydroxylation sites is 1. The van der Waals surface area contributed by atoms with Gasteiger partial charge >= 0.3 is 0 Å². The number of rotatable bonds is 5. The van der Waals surface area contributed by atoms with Crippen LogP contribution < -0.4 is 4.90 Å². The zero-order chi connectivity index (χ0) is 17.1. The van der Waals surface area contributed by atoms with Crippen molar-refractivity contribution >= 4 is 16.9 Å². The van der Waals surface area contributed by atoms with Gasteiger partial charge in [-0.15, -0.1) is 0 Å². The van der Waals surface area contributed by atoms with Gasteiger partial charge in [0.15, 0.2) is 0 Å². The molecule has 1 aromatic carbocycles. The van der Waals surface area contributed by atoms with E-state index in [1.165, 1.54) is 30.2 Å². The molecule has 130 valence electrons. The van der Waals surface area contributed by atoms with E-state index < -0.39 is 0 Å². The number of piperidine rings is 1. The third kappa shape index (κ3) is 3.24. The Balaban J connectivity index is 1.74. The fourth-order valence-electron chi connectivity index (χ4n) is 3.57. The Bertz CT molecular complexity index is 852. The molecule has 1 saturated heterocycles. The number of nitrogens with zero attached hydrogens (tertiary/aromatic N) is 4. The van der Waals surface area contributed by atoms with Gasteiger partial charge in [-0.25, -0.2) is 9.97 Å². The minimum atomic E-state index is 0.695. The maximum Gasteiger partial charge on any atom is 0.225 e. The fourth-order valence-corrected chi connectivity index (χ4v) is 3.57. The van der Waals surface area contributed by atoms with Crippen LogP contribution in [0.1, 0.15) is 19.3 Å². The Hall–Kier alpha value is -2.40. The number of fused-ring (bicyclic) bond motifs is 1. The summed E-state index contributed by atoms with van der Waals surface area (Å²) in [6, 6.07) is 10.5. The van der Waals surface area contributed by atoms with Gasteiger partial charge in [-0.2, -0.15) is 0 Å². The Labute approximate surface area is 148 Å². The van der Waals surface area contributed by atoms with Gasteiger partial charge in [-0.05, 0) is 31.4 Å². The molecule has 25 heavy (non-hydrogen) atoms. The first kappa shape index (κ1) is 16.1. The lowest BCUT2D eigenvalue weighted by Gasteiger charge is -2.26. The van der Waals surface area contributed by atoms with Crippen molar-refractivity contribution in [1.82, 2.24) is 14.5 Å². The summed E-state index contributed by atoms with van der Waals surface area (Å²) < 4.78 is 7.50. The summed E-state index contributed by atoms with van der Waals surface area (Å²) in [5, 5.41) is 1.22. The predicted octanol–water partition coefficient (Wildman–Crippen LogP) is 3.74. The Morgan fingerprint density at radius 1 is 1.08 bits per heavy atom.